The van der Waals surface area contributed by atoms with E-state index in [9.17, 15) is 9.59 Å². The van der Waals surface area contributed by atoms with Crippen LogP contribution in [0.25, 0.3) is 0 Å². The summed E-state index contributed by atoms with van der Waals surface area (Å²) in [5, 5.41) is 2.78. The number of rotatable bonds is 10. The van der Waals surface area contributed by atoms with E-state index in [0.717, 1.165) is 12.8 Å². The van der Waals surface area contributed by atoms with Crippen LogP contribution in [0.5, 0.6) is 0 Å². The molecule has 0 fully saturated rings. The van der Waals surface area contributed by atoms with Crippen LogP contribution in [0.1, 0.15) is 31.7 Å². The molecule has 0 atom stereocenters. The van der Waals surface area contributed by atoms with E-state index in [1.165, 1.54) is 5.56 Å². The van der Waals surface area contributed by atoms with Crippen molar-refractivity contribution in [1.29, 1.82) is 0 Å². The van der Waals surface area contributed by atoms with E-state index in [2.05, 4.69) is 5.32 Å². The zero-order valence-electron chi connectivity index (χ0n) is 13.4. The first-order valence-electron chi connectivity index (χ1n) is 7.95. The van der Waals surface area contributed by atoms with Gasteiger partial charge >= 0.3 is 0 Å². The maximum atomic E-state index is 12.2. The van der Waals surface area contributed by atoms with Gasteiger partial charge in [0.15, 0.2) is 0 Å². The molecular weight excluding hydrogens is 278 g/mol. The van der Waals surface area contributed by atoms with Crippen molar-refractivity contribution in [2.45, 2.75) is 32.6 Å². The van der Waals surface area contributed by atoms with Crippen molar-refractivity contribution in [2.75, 3.05) is 26.2 Å². The molecule has 1 rings (SSSR count). The Kier molecular flexibility index (Phi) is 8.91. The number of carbonyl (C=O) groups excluding carboxylic acids is 2. The molecule has 0 radical (unpaired) electrons. The van der Waals surface area contributed by atoms with Crippen molar-refractivity contribution < 1.29 is 9.59 Å². The molecule has 0 saturated carbocycles. The predicted octanol–water partition coefficient (Wildman–Crippen LogP) is 1.32. The van der Waals surface area contributed by atoms with E-state index >= 15 is 0 Å². The van der Waals surface area contributed by atoms with E-state index in [-0.39, 0.29) is 24.7 Å². The summed E-state index contributed by atoms with van der Waals surface area (Å²) in [6.07, 6.45) is 2.18. The van der Waals surface area contributed by atoms with Crippen molar-refractivity contribution in [3.05, 3.63) is 35.9 Å². The molecule has 0 spiro atoms. The van der Waals surface area contributed by atoms with Gasteiger partial charge in [-0.1, -0.05) is 37.3 Å². The van der Waals surface area contributed by atoms with E-state index in [1.54, 1.807) is 4.90 Å². The van der Waals surface area contributed by atoms with Crippen LogP contribution in [0, 0.1) is 0 Å². The van der Waals surface area contributed by atoms with Gasteiger partial charge in [0.2, 0.25) is 11.8 Å². The van der Waals surface area contributed by atoms with Crippen molar-refractivity contribution in [3.8, 4) is 0 Å². The van der Waals surface area contributed by atoms with Crippen LogP contribution in [0.15, 0.2) is 30.3 Å². The first-order chi connectivity index (χ1) is 10.7. The summed E-state index contributed by atoms with van der Waals surface area (Å²) in [5.74, 6) is -0.0704. The molecule has 0 aliphatic rings. The van der Waals surface area contributed by atoms with Gasteiger partial charge in [-0.25, -0.2) is 0 Å². The Hall–Kier alpha value is -1.88. The Balaban J connectivity index is 2.40. The third kappa shape index (κ3) is 7.22. The monoisotopic (exact) mass is 305 g/mol. The Morgan fingerprint density at radius 1 is 1.14 bits per heavy atom. The Morgan fingerprint density at radius 2 is 1.86 bits per heavy atom. The fraction of sp³-hybridized carbons (Fsp3) is 0.529. The van der Waals surface area contributed by atoms with Gasteiger partial charge < -0.3 is 16.0 Å². The highest BCUT2D eigenvalue weighted by molar-refractivity contribution is 5.83. The quantitative estimate of drug-likeness (QED) is 0.684. The number of nitrogens with zero attached hydrogens (tertiary/aromatic N) is 1. The fourth-order valence-electron chi connectivity index (χ4n) is 2.16. The fourth-order valence-corrected chi connectivity index (χ4v) is 2.16. The molecule has 1 aromatic carbocycles. The zero-order chi connectivity index (χ0) is 16.2. The number of hydrogen-bond acceptors (Lipinski definition) is 3. The van der Waals surface area contributed by atoms with Crippen LogP contribution >= 0.6 is 0 Å². The molecule has 0 aromatic heterocycles. The smallest absolute Gasteiger partial charge is 0.223 e. The number of carbonyl (C=O) groups is 2. The van der Waals surface area contributed by atoms with Crippen LogP contribution in [0.2, 0.25) is 0 Å². The molecule has 1 aromatic rings. The van der Waals surface area contributed by atoms with Crippen LogP contribution in [0.4, 0.5) is 0 Å². The summed E-state index contributed by atoms with van der Waals surface area (Å²) in [7, 11) is 0. The van der Waals surface area contributed by atoms with Crippen LogP contribution in [-0.4, -0.2) is 42.9 Å². The molecule has 122 valence electrons. The molecule has 0 aliphatic carbocycles. The summed E-state index contributed by atoms with van der Waals surface area (Å²) in [5.41, 5.74) is 6.78. The molecule has 5 nitrogen and oxygen atoms in total. The lowest BCUT2D eigenvalue weighted by molar-refractivity contribution is -0.133. The largest absolute Gasteiger partial charge is 0.356 e. The summed E-state index contributed by atoms with van der Waals surface area (Å²) in [4.78, 5) is 25.5. The summed E-state index contributed by atoms with van der Waals surface area (Å²) >= 11 is 0. The normalized spacial score (nSPS) is 10.3. The minimum atomic E-state index is -0.0639. The average Bonchev–Trinajstić information content (AvgIpc) is 2.55. The van der Waals surface area contributed by atoms with Gasteiger partial charge in [-0.3, -0.25) is 9.59 Å². The van der Waals surface area contributed by atoms with E-state index < -0.39 is 0 Å². The molecular formula is C17H27N3O2. The summed E-state index contributed by atoms with van der Waals surface area (Å²) in [6, 6.07) is 10.0. The van der Waals surface area contributed by atoms with Crippen molar-refractivity contribution >= 4 is 11.8 Å². The molecule has 2 amide bonds. The number of benzene rings is 1. The van der Waals surface area contributed by atoms with E-state index in [0.29, 0.717) is 26.2 Å². The lowest BCUT2D eigenvalue weighted by Crippen LogP contribution is -2.37. The van der Waals surface area contributed by atoms with Crippen molar-refractivity contribution in [1.82, 2.24) is 10.2 Å². The minimum Gasteiger partial charge on any atom is -0.356 e. The molecule has 0 saturated heterocycles. The molecule has 3 N–H and O–H groups in total. The Morgan fingerprint density at radius 3 is 2.50 bits per heavy atom. The molecule has 5 heteroatoms. The van der Waals surface area contributed by atoms with Crippen molar-refractivity contribution in [3.63, 3.8) is 0 Å². The van der Waals surface area contributed by atoms with Gasteiger partial charge in [0.05, 0.1) is 0 Å². The number of nitrogens with two attached hydrogens (primary N) is 1. The van der Waals surface area contributed by atoms with Gasteiger partial charge in [-0.15, -0.1) is 0 Å². The van der Waals surface area contributed by atoms with Gasteiger partial charge in [0.25, 0.3) is 0 Å². The highest BCUT2D eigenvalue weighted by atomic mass is 16.2. The van der Waals surface area contributed by atoms with Gasteiger partial charge in [-0.2, -0.15) is 0 Å². The van der Waals surface area contributed by atoms with Crippen LogP contribution in [-0.2, 0) is 16.0 Å². The summed E-state index contributed by atoms with van der Waals surface area (Å²) < 4.78 is 0. The third-order valence-corrected chi connectivity index (χ3v) is 3.40. The number of nitrogens with one attached hydrogen (secondary N) is 1. The standard InChI is InChI=1S/C17H27N3O2/c1-2-12-19-16(21)8-9-17(22)20(14-11-18)13-10-15-6-4-3-5-7-15/h3-7H,2,8-14,18H2,1H3,(H,19,21). The lowest BCUT2D eigenvalue weighted by atomic mass is 10.1. The van der Waals surface area contributed by atoms with Gasteiger partial charge in [0.1, 0.15) is 0 Å². The van der Waals surface area contributed by atoms with Gasteiger partial charge in [-0.05, 0) is 18.4 Å². The maximum Gasteiger partial charge on any atom is 0.223 e. The minimum absolute atomic E-state index is 0.00645. The lowest BCUT2D eigenvalue weighted by Gasteiger charge is -2.22. The van der Waals surface area contributed by atoms with E-state index in [4.69, 9.17) is 5.73 Å². The average molecular weight is 305 g/mol. The molecule has 0 heterocycles. The second-order valence-electron chi connectivity index (χ2n) is 5.26. The highest BCUT2D eigenvalue weighted by Crippen LogP contribution is 2.04. The molecule has 0 unspecified atom stereocenters. The first kappa shape index (κ1) is 18.2. The zero-order valence-corrected chi connectivity index (χ0v) is 13.4. The third-order valence-electron chi connectivity index (χ3n) is 3.40. The van der Waals surface area contributed by atoms with Crippen LogP contribution in [0.3, 0.4) is 0 Å². The number of hydrogen-bond donors (Lipinski definition) is 2. The summed E-state index contributed by atoms with van der Waals surface area (Å²) in [6.45, 7) is 4.26. The SMILES string of the molecule is CCCNC(=O)CCC(=O)N(CCN)CCc1ccccc1. The van der Waals surface area contributed by atoms with Gasteiger partial charge in [0, 0.05) is 39.0 Å². The maximum absolute atomic E-state index is 12.2. The van der Waals surface area contributed by atoms with E-state index in [1.807, 2.05) is 37.3 Å². The second-order valence-corrected chi connectivity index (χ2v) is 5.26. The second kappa shape index (κ2) is 10.8. The highest BCUT2D eigenvalue weighted by Gasteiger charge is 2.14. The topological polar surface area (TPSA) is 75.4 Å². The van der Waals surface area contributed by atoms with Crippen LogP contribution < -0.4 is 11.1 Å². The Bertz CT molecular complexity index is 448. The number of amides is 2. The molecule has 22 heavy (non-hydrogen) atoms. The Labute approximate surface area is 132 Å². The van der Waals surface area contributed by atoms with Crippen molar-refractivity contribution in [2.24, 2.45) is 5.73 Å². The predicted molar refractivity (Wildman–Crippen MR) is 88.3 cm³/mol. The first-order valence-corrected chi connectivity index (χ1v) is 7.95. The molecule has 0 bridgehead atoms. The molecule has 0 aliphatic heterocycles.